The molecule has 0 atom stereocenters. The van der Waals surface area contributed by atoms with Gasteiger partial charge in [0.15, 0.2) is 0 Å². The highest BCUT2D eigenvalue weighted by Gasteiger charge is 2.33. The molecule has 8 heteroatoms. The zero-order chi connectivity index (χ0) is 21.7. The first kappa shape index (κ1) is 22.1. The molecule has 0 radical (unpaired) electrons. The highest BCUT2D eigenvalue weighted by atomic mass is 32.2. The number of ether oxygens (including phenoxy) is 2. The number of anilines is 1. The van der Waals surface area contributed by atoms with Gasteiger partial charge in [-0.2, -0.15) is 4.31 Å². The molecule has 2 aromatic rings. The Balaban J connectivity index is 1.62. The van der Waals surface area contributed by atoms with Gasteiger partial charge in [0.2, 0.25) is 15.9 Å². The lowest BCUT2D eigenvalue weighted by atomic mass is 9.97. The molecule has 1 aliphatic heterocycles. The maximum absolute atomic E-state index is 13.1. The fourth-order valence-electron chi connectivity index (χ4n) is 3.53. The third kappa shape index (κ3) is 4.94. The standard InChI is InChI=1S/C22H28N2O5S/c1-4-29-19-8-6-18(7-9-19)23-22(25)17-11-13-24(14-12-17)30(26,27)21-15-16(2)5-10-20(21)28-3/h5-10,15,17H,4,11-14H2,1-3H3,(H,23,25). The van der Waals surface area contributed by atoms with Crippen LogP contribution in [0.5, 0.6) is 11.5 Å². The topological polar surface area (TPSA) is 84.9 Å². The summed E-state index contributed by atoms with van der Waals surface area (Å²) in [6.07, 6.45) is 0.937. The fraction of sp³-hybridized carbons (Fsp3) is 0.409. The van der Waals surface area contributed by atoms with Crippen molar-refractivity contribution in [3.05, 3.63) is 48.0 Å². The lowest BCUT2D eigenvalue weighted by Gasteiger charge is -2.31. The van der Waals surface area contributed by atoms with Gasteiger partial charge >= 0.3 is 0 Å². The van der Waals surface area contributed by atoms with Crippen molar-refractivity contribution in [2.24, 2.45) is 5.92 Å². The Kier molecular flexibility index (Phi) is 6.99. The molecule has 1 N–H and O–H groups in total. The van der Waals surface area contributed by atoms with E-state index in [-0.39, 0.29) is 16.7 Å². The van der Waals surface area contributed by atoms with E-state index in [0.29, 0.717) is 44.0 Å². The summed E-state index contributed by atoms with van der Waals surface area (Å²) >= 11 is 0. The van der Waals surface area contributed by atoms with Crippen LogP contribution >= 0.6 is 0 Å². The van der Waals surface area contributed by atoms with Gasteiger partial charge in [-0.25, -0.2) is 8.42 Å². The second kappa shape index (κ2) is 9.49. The summed E-state index contributed by atoms with van der Waals surface area (Å²) in [5, 5.41) is 2.91. The number of piperidine rings is 1. The third-order valence-electron chi connectivity index (χ3n) is 5.19. The van der Waals surface area contributed by atoms with Gasteiger partial charge in [-0.05, 0) is 68.7 Å². The molecule has 162 valence electrons. The van der Waals surface area contributed by atoms with Crippen LogP contribution in [0.3, 0.4) is 0 Å². The van der Waals surface area contributed by atoms with Crippen LogP contribution in [0.4, 0.5) is 5.69 Å². The van der Waals surface area contributed by atoms with Gasteiger partial charge in [-0.1, -0.05) is 6.07 Å². The average Bonchev–Trinajstić information content (AvgIpc) is 2.75. The van der Waals surface area contributed by atoms with Crippen molar-refractivity contribution in [3.8, 4) is 11.5 Å². The maximum atomic E-state index is 13.1. The molecule has 2 aromatic carbocycles. The summed E-state index contributed by atoms with van der Waals surface area (Å²) in [7, 11) is -2.22. The Bertz CT molecular complexity index is 981. The molecule has 3 rings (SSSR count). The Morgan fingerprint density at radius 2 is 1.80 bits per heavy atom. The third-order valence-corrected chi connectivity index (χ3v) is 7.11. The maximum Gasteiger partial charge on any atom is 0.246 e. The normalized spacial score (nSPS) is 15.6. The van der Waals surface area contributed by atoms with E-state index in [1.54, 1.807) is 24.3 Å². The second-order valence-corrected chi connectivity index (χ2v) is 9.19. The van der Waals surface area contributed by atoms with Crippen LogP contribution in [0.15, 0.2) is 47.4 Å². The molecule has 1 fully saturated rings. The summed E-state index contributed by atoms with van der Waals surface area (Å²) < 4.78 is 38.3. The molecule has 0 spiro atoms. The van der Waals surface area contributed by atoms with Crippen LogP contribution in [0.25, 0.3) is 0 Å². The molecule has 7 nitrogen and oxygen atoms in total. The smallest absolute Gasteiger partial charge is 0.246 e. The number of sulfonamides is 1. The summed E-state index contributed by atoms with van der Waals surface area (Å²) in [6, 6.07) is 12.3. The number of benzene rings is 2. The zero-order valence-electron chi connectivity index (χ0n) is 17.6. The largest absolute Gasteiger partial charge is 0.495 e. The van der Waals surface area contributed by atoms with E-state index in [0.717, 1.165) is 11.3 Å². The Morgan fingerprint density at radius 3 is 2.40 bits per heavy atom. The van der Waals surface area contributed by atoms with Gasteiger partial charge in [0.1, 0.15) is 16.4 Å². The van der Waals surface area contributed by atoms with Crippen molar-refractivity contribution in [2.45, 2.75) is 31.6 Å². The molecular formula is C22H28N2O5S. The van der Waals surface area contributed by atoms with E-state index in [1.165, 1.54) is 11.4 Å². The predicted octanol–water partition coefficient (Wildman–Crippen LogP) is 3.44. The van der Waals surface area contributed by atoms with E-state index in [4.69, 9.17) is 9.47 Å². The Labute approximate surface area is 178 Å². The highest BCUT2D eigenvalue weighted by Crippen LogP contribution is 2.31. The van der Waals surface area contributed by atoms with Crippen molar-refractivity contribution < 1.29 is 22.7 Å². The van der Waals surface area contributed by atoms with Crippen LogP contribution in [0, 0.1) is 12.8 Å². The van der Waals surface area contributed by atoms with Gasteiger partial charge in [0, 0.05) is 24.7 Å². The van der Waals surface area contributed by atoms with Crippen LogP contribution in [-0.4, -0.2) is 45.4 Å². The molecule has 1 saturated heterocycles. The first-order valence-corrected chi connectivity index (χ1v) is 11.5. The van der Waals surface area contributed by atoms with Gasteiger partial charge in [-0.3, -0.25) is 4.79 Å². The molecule has 1 amide bonds. The Hall–Kier alpha value is -2.58. The van der Waals surface area contributed by atoms with Crippen molar-refractivity contribution in [3.63, 3.8) is 0 Å². The Morgan fingerprint density at radius 1 is 1.13 bits per heavy atom. The van der Waals surface area contributed by atoms with Gasteiger partial charge in [0.05, 0.1) is 13.7 Å². The number of methoxy groups -OCH3 is 1. The molecular weight excluding hydrogens is 404 g/mol. The van der Waals surface area contributed by atoms with Crippen molar-refractivity contribution in [1.29, 1.82) is 0 Å². The van der Waals surface area contributed by atoms with E-state index in [2.05, 4.69) is 5.32 Å². The van der Waals surface area contributed by atoms with E-state index in [9.17, 15) is 13.2 Å². The quantitative estimate of drug-likeness (QED) is 0.724. The summed E-state index contributed by atoms with van der Waals surface area (Å²) in [5.74, 6) is 0.753. The number of hydrogen-bond acceptors (Lipinski definition) is 5. The van der Waals surface area contributed by atoms with Crippen LogP contribution in [-0.2, 0) is 14.8 Å². The van der Waals surface area contributed by atoms with E-state index in [1.807, 2.05) is 32.0 Å². The molecule has 0 saturated carbocycles. The number of rotatable bonds is 7. The summed E-state index contributed by atoms with van der Waals surface area (Å²) in [6.45, 7) is 4.93. The second-order valence-electron chi connectivity index (χ2n) is 7.28. The van der Waals surface area contributed by atoms with Gasteiger partial charge in [-0.15, -0.1) is 0 Å². The molecule has 0 aromatic heterocycles. The number of carbonyl (C=O) groups excluding carboxylic acids is 1. The lowest BCUT2D eigenvalue weighted by molar-refractivity contribution is -0.120. The molecule has 0 bridgehead atoms. The molecule has 30 heavy (non-hydrogen) atoms. The molecule has 0 unspecified atom stereocenters. The number of amides is 1. The molecule has 1 aliphatic rings. The van der Waals surface area contributed by atoms with E-state index >= 15 is 0 Å². The van der Waals surface area contributed by atoms with Gasteiger partial charge < -0.3 is 14.8 Å². The zero-order valence-corrected chi connectivity index (χ0v) is 18.4. The molecule has 0 aliphatic carbocycles. The number of carbonyl (C=O) groups is 1. The van der Waals surface area contributed by atoms with Crippen LogP contribution in [0.2, 0.25) is 0 Å². The predicted molar refractivity (Wildman–Crippen MR) is 115 cm³/mol. The van der Waals surface area contributed by atoms with Crippen LogP contribution < -0.4 is 14.8 Å². The summed E-state index contributed by atoms with van der Waals surface area (Å²) in [4.78, 5) is 12.8. The minimum Gasteiger partial charge on any atom is -0.495 e. The van der Waals surface area contributed by atoms with Crippen molar-refractivity contribution in [2.75, 3.05) is 32.1 Å². The lowest BCUT2D eigenvalue weighted by Crippen LogP contribution is -2.41. The first-order valence-electron chi connectivity index (χ1n) is 10.0. The molecule has 1 heterocycles. The number of nitrogens with zero attached hydrogens (tertiary/aromatic N) is 1. The SMILES string of the molecule is CCOc1ccc(NC(=O)C2CCN(S(=O)(=O)c3cc(C)ccc3OC)CC2)cc1. The van der Waals surface area contributed by atoms with E-state index < -0.39 is 10.0 Å². The minimum atomic E-state index is -3.68. The van der Waals surface area contributed by atoms with Crippen molar-refractivity contribution in [1.82, 2.24) is 4.31 Å². The van der Waals surface area contributed by atoms with Crippen LogP contribution in [0.1, 0.15) is 25.3 Å². The summed E-state index contributed by atoms with van der Waals surface area (Å²) in [5.41, 5.74) is 1.54. The van der Waals surface area contributed by atoms with Crippen molar-refractivity contribution >= 4 is 21.6 Å². The highest BCUT2D eigenvalue weighted by molar-refractivity contribution is 7.89. The first-order chi connectivity index (χ1) is 14.3. The minimum absolute atomic E-state index is 0.0932. The number of hydrogen-bond donors (Lipinski definition) is 1. The fourth-order valence-corrected chi connectivity index (χ4v) is 5.24. The number of nitrogens with one attached hydrogen (secondary N) is 1. The monoisotopic (exact) mass is 432 g/mol. The van der Waals surface area contributed by atoms with Gasteiger partial charge in [0.25, 0.3) is 0 Å². The number of aryl methyl sites for hydroxylation is 1. The average molecular weight is 433 g/mol.